The molecule has 0 saturated carbocycles. The van der Waals surface area contributed by atoms with Gasteiger partial charge in [0.25, 0.3) is 0 Å². The molecule has 1 fully saturated rings. The maximum atomic E-state index is 11.9. The van der Waals surface area contributed by atoms with Gasteiger partial charge in [0, 0.05) is 34.7 Å². The summed E-state index contributed by atoms with van der Waals surface area (Å²) in [5.41, 5.74) is 2.55. The molecule has 1 atom stereocenters. The molecule has 0 radical (unpaired) electrons. The summed E-state index contributed by atoms with van der Waals surface area (Å²) in [6.07, 6.45) is 7.43. The Morgan fingerprint density at radius 3 is 2.50 bits per heavy atom. The van der Waals surface area contributed by atoms with Crippen molar-refractivity contribution in [2.75, 3.05) is 19.8 Å². The molecule has 0 aliphatic carbocycles. The Labute approximate surface area is 229 Å². The number of aryl methyl sites for hydroxylation is 1. The van der Waals surface area contributed by atoms with Crippen LogP contribution in [-0.2, 0) is 17.8 Å². The highest BCUT2D eigenvalue weighted by molar-refractivity contribution is 7.15. The normalized spacial score (nSPS) is 14.0. The molecule has 8 heteroatoms. The van der Waals surface area contributed by atoms with Crippen molar-refractivity contribution in [1.29, 1.82) is 0 Å². The summed E-state index contributed by atoms with van der Waals surface area (Å²) in [6.45, 7) is 6.68. The van der Waals surface area contributed by atoms with Crippen LogP contribution in [0, 0.1) is 5.92 Å². The van der Waals surface area contributed by atoms with E-state index in [2.05, 4.69) is 39.5 Å². The van der Waals surface area contributed by atoms with Gasteiger partial charge in [0.1, 0.15) is 17.5 Å². The van der Waals surface area contributed by atoms with Crippen molar-refractivity contribution in [2.45, 2.75) is 58.9 Å². The van der Waals surface area contributed by atoms with E-state index in [1.807, 2.05) is 30.5 Å². The molecule has 1 aliphatic heterocycles. The van der Waals surface area contributed by atoms with Gasteiger partial charge >= 0.3 is 0 Å². The smallest absolute Gasteiger partial charge is 0.224 e. The third kappa shape index (κ3) is 9.04. The standard InChI is InChI=1S/C16H23NO4.C14H16N2S/c1-3-4-12(16(21)17-10-18)5-6-13-9-14(20)7-8-15(13)11(2)19;1-2-6-12(7-3-1)14-15-10-13(17-14)11-16-8-4-5-9-16/h7-9,12,18,20H,3-6,10H2,1-2H3,(H,17,21);1-3,6-7,10H,4-5,8-9,11H2. The third-order valence-electron chi connectivity index (χ3n) is 6.64. The van der Waals surface area contributed by atoms with Gasteiger partial charge in [-0.3, -0.25) is 14.5 Å². The summed E-state index contributed by atoms with van der Waals surface area (Å²) in [4.78, 5) is 31.9. The number of aliphatic hydroxyl groups is 1. The van der Waals surface area contributed by atoms with Crippen LogP contribution in [0.25, 0.3) is 10.6 Å². The minimum Gasteiger partial charge on any atom is -0.508 e. The average molecular weight is 538 g/mol. The molecule has 2 aromatic carbocycles. The Hall–Kier alpha value is -3.07. The van der Waals surface area contributed by atoms with E-state index in [0.717, 1.165) is 30.0 Å². The van der Waals surface area contributed by atoms with Crippen molar-refractivity contribution in [3.63, 3.8) is 0 Å². The Morgan fingerprint density at radius 2 is 1.84 bits per heavy atom. The number of nitrogens with zero attached hydrogens (tertiary/aromatic N) is 2. The molecule has 1 unspecified atom stereocenters. The van der Waals surface area contributed by atoms with Crippen LogP contribution in [0.4, 0.5) is 0 Å². The van der Waals surface area contributed by atoms with E-state index in [4.69, 9.17) is 5.11 Å². The molecule has 204 valence electrons. The van der Waals surface area contributed by atoms with Gasteiger partial charge in [-0.1, -0.05) is 43.7 Å². The summed E-state index contributed by atoms with van der Waals surface area (Å²) in [6, 6.07) is 15.1. The fourth-order valence-electron chi connectivity index (χ4n) is 4.69. The molecule has 3 N–H and O–H groups in total. The van der Waals surface area contributed by atoms with Gasteiger partial charge in [-0.05, 0) is 75.9 Å². The largest absolute Gasteiger partial charge is 0.508 e. The SMILES string of the molecule is CCCC(CCc1cc(O)ccc1C(C)=O)C(=O)NCO.c1ccc(-c2ncc(CN3CCCC3)s2)cc1. The summed E-state index contributed by atoms with van der Waals surface area (Å²) >= 11 is 1.82. The number of ketones is 1. The number of aromatic hydroxyl groups is 1. The number of benzene rings is 2. The highest BCUT2D eigenvalue weighted by atomic mass is 32.1. The molecule has 2 heterocycles. The number of likely N-dealkylation sites (tertiary alicyclic amines) is 1. The minimum atomic E-state index is -0.371. The van der Waals surface area contributed by atoms with Crippen LogP contribution >= 0.6 is 11.3 Å². The maximum absolute atomic E-state index is 11.9. The number of aliphatic hydroxyl groups excluding tert-OH is 1. The first-order valence-electron chi connectivity index (χ1n) is 13.3. The maximum Gasteiger partial charge on any atom is 0.224 e. The Balaban J connectivity index is 0.000000214. The van der Waals surface area contributed by atoms with Gasteiger partial charge in [0.15, 0.2) is 5.78 Å². The molecule has 0 bridgehead atoms. The molecule has 4 rings (SSSR count). The number of rotatable bonds is 11. The number of hydrogen-bond acceptors (Lipinski definition) is 7. The zero-order valence-electron chi connectivity index (χ0n) is 22.4. The lowest BCUT2D eigenvalue weighted by atomic mass is 9.92. The number of nitrogens with one attached hydrogen (secondary N) is 1. The highest BCUT2D eigenvalue weighted by Crippen LogP contribution is 2.26. The van der Waals surface area contributed by atoms with Crippen molar-refractivity contribution in [1.82, 2.24) is 15.2 Å². The van der Waals surface area contributed by atoms with E-state index in [-0.39, 0.29) is 30.1 Å². The van der Waals surface area contributed by atoms with Gasteiger partial charge in [-0.25, -0.2) is 4.98 Å². The second-order valence-electron chi connectivity index (χ2n) is 9.60. The summed E-state index contributed by atoms with van der Waals surface area (Å²) < 4.78 is 0. The summed E-state index contributed by atoms with van der Waals surface area (Å²) in [7, 11) is 0. The second kappa shape index (κ2) is 15.4. The van der Waals surface area contributed by atoms with Crippen molar-refractivity contribution in [3.8, 4) is 16.3 Å². The molecule has 1 aromatic heterocycles. The van der Waals surface area contributed by atoms with Crippen molar-refractivity contribution in [3.05, 3.63) is 70.7 Å². The quantitative estimate of drug-likeness (QED) is 0.223. The van der Waals surface area contributed by atoms with Gasteiger partial charge in [0.05, 0.1) is 0 Å². The van der Waals surface area contributed by atoms with Crippen molar-refractivity contribution >= 4 is 23.0 Å². The fraction of sp³-hybridized carbons (Fsp3) is 0.433. The number of Topliss-reactive ketones (excluding diaryl/α,β-unsaturated/α-hetero) is 1. The van der Waals surface area contributed by atoms with Gasteiger partial charge < -0.3 is 15.5 Å². The van der Waals surface area contributed by atoms with Crippen molar-refractivity contribution < 1.29 is 19.8 Å². The van der Waals surface area contributed by atoms with Crippen LogP contribution in [0.5, 0.6) is 5.75 Å². The van der Waals surface area contributed by atoms with E-state index in [1.54, 1.807) is 12.1 Å². The lowest BCUT2D eigenvalue weighted by molar-refractivity contribution is -0.126. The molecule has 3 aromatic rings. The Bertz CT molecular complexity index is 1160. The molecular weight excluding hydrogens is 498 g/mol. The second-order valence-corrected chi connectivity index (χ2v) is 10.7. The number of phenolic OH excluding ortho intramolecular Hbond substituents is 1. The molecule has 7 nitrogen and oxygen atoms in total. The van der Waals surface area contributed by atoms with E-state index in [1.165, 1.54) is 49.4 Å². The van der Waals surface area contributed by atoms with Crippen LogP contribution in [0.2, 0.25) is 0 Å². The monoisotopic (exact) mass is 537 g/mol. The van der Waals surface area contributed by atoms with E-state index in [0.29, 0.717) is 18.4 Å². The van der Waals surface area contributed by atoms with Crippen LogP contribution in [-0.4, -0.2) is 51.6 Å². The number of aromatic nitrogens is 1. The third-order valence-corrected chi connectivity index (χ3v) is 7.68. The van der Waals surface area contributed by atoms with Crippen LogP contribution < -0.4 is 5.32 Å². The van der Waals surface area contributed by atoms with Crippen LogP contribution in [0.3, 0.4) is 0 Å². The van der Waals surface area contributed by atoms with Crippen molar-refractivity contribution in [2.24, 2.45) is 5.92 Å². The molecule has 38 heavy (non-hydrogen) atoms. The molecule has 0 spiro atoms. The lowest BCUT2D eigenvalue weighted by Crippen LogP contribution is -2.31. The number of phenols is 1. The summed E-state index contributed by atoms with van der Waals surface area (Å²) in [5, 5.41) is 21.9. The number of amides is 1. The first kappa shape index (κ1) is 29.5. The molecule has 1 amide bonds. The van der Waals surface area contributed by atoms with Crippen LogP contribution in [0.15, 0.2) is 54.7 Å². The fourth-order valence-corrected chi connectivity index (χ4v) is 5.65. The molecular formula is C30H39N3O4S. The topological polar surface area (TPSA) is 103 Å². The molecule has 1 saturated heterocycles. The number of thiazole rings is 1. The first-order chi connectivity index (χ1) is 18.4. The number of carbonyl (C=O) groups is 2. The van der Waals surface area contributed by atoms with E-state index >= 15 is 0 Å². The highest BCUT2D eigenvalue weighted by Gasteiger charge is 2.18. The van der Waals surface area contributed by atoms with Gasteiger partial charge in [-0.15, -0.1) is 11.3 Å². The number of carbonyl (C=O) groups excluding carboxylic acids is 2. The average Bonchev–Trinajstić information content (AvgIpc) is 3.60. The molecule has 1 aliphatic rings. The Kier molecular flexibility index (Phi) is 11.9. The van der Waals surface area contributed by atoms with Crippen LogP contribution in [0.1, 0.15) is 66.8 Å². The van der Waals surface area contributed by atoms with Gasteiger partial charge in [0.2, 0.25) is 5.91 Å². The Morgan fingerprint density at radius 1 is 1.11 bits per heavy atom. The predicted octanol–water partition coefficient (Wildman–Crippen LogP) is 5.42. The lowest BCUT2D eigenvalue weighted by Gasteiger charge is -2.16. The zero-order valence-corrected chi connectivity index (χ0v) is 23.2. The van der Waals surface area contributed by atoms with E-state index in [9.17, 15) is 14.7 Å². The zero-order chi connectivity index (χ0) is 27.3. The predicted molar refractivity (Wildman–Crippen MR) is 152 cm³/mol. The number of hydrogen-bond donors (Lipinski definition) is 3. The first-order valence-corrected chi connectivity index (χ1v) is 14.2. The summed E-state index contributed by atoms with van der Waals surface area (Å²) in [5.74, 6) is -0.327. The minimum absolute atomic E-state index is 0.0585. The van der Waals surface area contributed by atoms with E-state index < -0.39 is 0 Å². The van der Waals surface area contributed by atoms with Gasteiger partial charge in [-0.2, -0.15) is 0 Å².